The van der Waals surface area contributed by atoms with E-state index in [0.29, 0.717) is 0 Å². The average molecular weight is 472 g/mol. The van der Waals surface area contributed by atoms with E-state index in [0.717, 1.165) is 16.3 Å². The number of nitrogens with two attached hydrogens (primary N) is 1. The van der Waals surface area contributed by atoms with E-state index in [9.17, 15) is 13.2 Å². The number of ether oxygens (including phenoxy) is 1. The molecule has 132 valence electrons. The summed E-state index contributed by atoms with van der Waals surface area (Å²) in [5.41, 5.74) is 5.79. The van der Waals surface area contributed by atoms with Crippen LogP contribution >= 0.6 is 35.3 Å². The Hall–Kier alpha value is -1.56. The number of rotatable bonds is 5. The van der Waals surface area contributed by atoms with E-state index in [1.165, 1.54) is 29.5 Å². The number of hydrogen-bond donors (Lipinski definition) is 2. The van der Waals surface area contributed by atoms with Gasteiger partial charge in [-0.3, -0.25) is 0 Å². The zero-order valence-electron chi connectivity index (χ0n) is 12.6. The highest BCUT2D eigenvalue weighted by Gasteiger charge is 2.32. The third kappa shape index (κ3) is 6.51. The fourth-order valence-electron chi connectivity index (χ4n) is 1.70. The molecule has 0 saturated carbocycles. The molecule has 0 saturated heterocycles. The lowest BCUT2D eigenvalue weighted by Gasteiger charge is -2.13. The second-order valence-electron chi connectivity index (χ2n) is 4.44. The summed E-state index contributed by atoms with van der Waals surface area (Å²) >= 11 is 1.52. The Morgan fingerprint density at radius 1 is 1.38 bits per heavy atom. The van der Waals surface area contributed by atoms with Gasteiger partial charge in [-0.1, -0.05) is 19.1 Å². The molecule has 5 nitrogen and oxygen atoms in total. The number of aliphatic imine (C=N–C) groups is 1. The van der Waals surface area contributed by atoms with E-state index in [2.05, 4.69) is 20.0 Å². The maximum absolute atomic E-state index is 12.3. The summed E-state index contributed by atoms with van der Waals surface area (Å²) in [4.78, 5) is 9.39. The Bertz CT molecular complexity index is 691. The van der Waals surface area contributed by atoms with Crippen LogP contribution in [0.5, 0.6) is 5.75 Å². The van der Waals surface area contributed by atoms with Gasteiger partial charge >= 0.3 is 6.36 Å². The van der Waals surface area contributed by atoms with Crippen LogP contribution in [0.2, 0.25) is 0 Å². The van der Waals surface area contributed by atoms with Crippen LogP contribution in [0.1, 0.15) is 16.8 Å². The number of halogens is 4. The number of anilines is 1. The van der Waals surface area contributed by atoms with Crippen molar-refractivity contribution in [2.24, 2.45) is 10.7 Å². The van der Waals surface area contributed by atoms with Crippen molar-refractivity contribution in [3.05, 3.63) is 40.3 Å². The fraction of sp³-hybridized carbons (Fsp3) is 0.286. The Morgan fingerprint density at radius 2 is 2.08 bits per heavy atom. The Kier molecular flexibility index (Phi) is 7.73. The van der Waals surface area contributed by atoms with Gasteiger partial charge in [-0.05, 0) is 18.6 Å². The molecule has 0 radical (unpaired) electrons. The van der Waals surface area contributed by atoms with Crippen LogP contribution in [0.4, 0.5) is 18.9 Å². The van der Waals surface area contributed by atoms with Gasteiger partial charge in [0.1, 0.15) is 5.01 Å². The molecule has 0 aliphatic carbocycles. The number of hydrogen-bond acceptors (Lipinski definition) is 4. The van der Waals surface area contributed by atoms with Crippen molar-refractivity contribution in [2.75, 3.05) is 5.32 Å². The number of nitrogens with one attached hydrogen (secondary N) is 1. The molecule has 0 spiro atoms. The highest BCUT2D eigenvalue weighted by Crippen LogP contribution is 2.29. The first-order valence-corrected chi connectivity index (χ1v) is 7.54. The number of benzene rings is 1. The molecule has 0 bridgehead atoms. The summed E-state index contributed by atoms with van der Waals surface area (Å²) in [7, 11) is 0. The van der Waals surface area contributed by atoms with Gasteiger partial charge in [0.05, 0.1) is 12.2 Å². The maximum atomic E-state index is 12.3. The van der Waals surface area contributed by atoms with Crippen LogP contribution < -0.4 is 15.8 Å². The van der Waals surface area contributed by atoms with Gasteiger partial charge < -0.3 is 15.8 Å². The van der Waals surface area contributed by atoms with E-state index < -0.39 is 6.36 Å². The van der Waals surface area contributed by atoms with Crippen molar-refractivity contribution in [1.82, 2.24) is 4.98 Å². The van der Waals surface area contributed by atoms with Gasteiger partial charge in [0, 0.05) is 11.1 Å². The molecule has 0 atom stereocenters. The van der Waals surface area contributed by atoms with E-state index in [4.69, 9.17) is 5.73 Å². The number of thiazole rings is 1. The van der Waals surface area contributed by atoms with Gasteiger partial charge in [-0.2, -0.15) is 0 Å². The van der Waals surface area contributed by atoms with Crippen LogP contribution in [0.3, 0.4) is 0 Å². The summed E-state index contributed by atoms with van der Waals surface area (Å²) in [6.45, 7) is 2.28. The Morgan fingerprint density at radius 3 is 2.71 bits per heavy atom. The monoisotopic (exact) mass is 472 g/mol. The largest absolute Gasteiger partial charge is 0.573 e. The number of aromatic nitrogens is 1. The topological polar surface area (TPSA) is 72.5 Å². The molecule has 0 amide bonds. The van der Waals surface area contributed by atoms with Crippen LogP contribution in [-0.2, 0) is 13.0 Å². The molecule has 2 rings (SSSR count). The second-order valence-corrected chi connectivity index (χ2v) is 5.64. The lowest BCUT2D eigenvalue weighted by Crippen LogP contribution is -2.24. The molecule has 10 heteroatoms. The molecule has 2 aromatic rings. The normalized spacial score (nSPS) is 11.8. The zero-order valence-corrected chi connectivity index (χ0v) is 15.8. The minimum absolute atomic E-state index is 0. The summed E-state index contributed by atoms with van der Waals surface area (Å²) < 4.78 is 41.0. The van der Waals surface area contributed by atoms with Crippen molar-refractivity contribution in [2.45, 2.75) is 26.3 Å². The first kappa shape index (κ1) is 20.5. The number of alkyl halides is 3. The quantitative estimate of drug-likeness (QED) is 0.390. The molecule has 0 fully saturated rings. The van der Waals surface area contributed by atoms with Crippen molar-refractivity contribution in [3.63, 3.8) is 0 Å². The highest BCUT2D eigenvalue weighted by molar-refractivity contribution is 14.0. The first-order valence-electron chi connectivity index (χ1n) is 6.72. The molecular weight excluding hydrogens is 456 g/mol. The number of para-hydroxylation sites is 2. The van der Waals surface area contributed by atoms with E-state index in [1.54, 1.807) is 12.3 Å². The Balaban J connectivity index is 0.00000288. The van der Waals surface area contributed by atoms with Gasteiger partial charge in [0.15, 0.2) is 11.7 Å². The molecule has 1 aromatic carbocycles. The smallest absolute Gasteiger partial charge is 0.404 e. The standard InChI is InChI=1S/C14H15F3N4OS.HI/c1-2-9-7-19-12(23-9)8-20-13(18)21-10-5-3-4-6-11(10)22-14(15,16)17;/h3-7H,2,8H2,1H3,(H3,18,20,21);1H. The van der Waals surface area contributed by atoms with Crippen LogP contribution in [0.15, 0.2) is 35.5 Å². The van der Waals surface area contributed by atoms with E-state index in [1.807, 2.05) is 6.92 Å². The summed E-state index contributed by atoms with van der Waals surface area (Å²) in [6.07, 6.45) is -2.12. The third-order valence-corrected chi connectivity index (χ3v) is 3.84. The first-order chi connectivity index (χ1) is 10.9. The number of nitrogens with zero attached hydrogens (tertiary/aromatic N) is 2. The third-order valence-electron chi connectivity index (χ3n) is 2.71. The van der Waals surface area contributed by atoms with Gasteiger partial charge in [-0.25, -0.2) is 9.98 Å². The minimum atomic E-state index is -4.78. The lowest BCUT2D eigenvalue weighted by atomic mass is 10.3. The summed E-state index contributed by atoms with van der Waals surface area (Å²) in [6, 6.07) is 5.61. The number of aryl methyl sites for hydroxylation is 1. The van der Waals surface area contributed by atoms with Crippen LogP contribution in [0.25, 0.3) is 0 Å². The van der Waals surface area contributed by atoms with Gasteiger partial charge in [0.2, 0.25) is 0 Å². The van der Waals surface area contributed by atoms with Crippen LogP contribution in [-0.4, -0.2) is 17.3 Å². The molecule has 3 N–H and O–H groups in total. The minimum Gasteiger partial charge on any atom is -0.404 e. The highest BCUT2D eigenvalue weighted by atomic mass is 127. The number of guanidine groups is 1. The molecule has 1 heterocycles. The van der Waals surface area contributed by atoms with Crippen molar-refractivity contribution < 1.29 is 17.9 Å². The SMILES string of the molecule is CCc1cnc(CN=C(N)Nc2ccccc2OC(F)(F)F)s1.I. The zero-order chi connectivity index (χ0) is 16.9. The molecule has 0 unspecified atom stereocenters. The van der Waals surface area contributed by atoms with Crippen molar-refractivity contribution in [3.8, 4) is 5.75 Å². The molecule has 24 heavy (non-hydrogen) atoms. The molecule has 1 aromatic heterocycles. The van der Waals surface area contributed by atoms with Gasteiger partial charge in [0.25, 0.3) is 0 Å². The predicted molar refractivity (Wildman–Crippen MR) is 99.0 cm³/mol. The maximum Gasteiger partial charge on any atom is 0.573 e. The Labute approximate surface area is 158 Å². The van der Waals surface area contributed by atoms with E-state index in [-0.39, 0.29) is 47.9 Å². The second kappa shape index (κ2) is 9.06. The molecular formula is C14H16F3IN4OS. The van der Waals surface area contributed by atoms with Crippen LogP contribution in [0, 0.1) is 0 Å². The van der Waals surface area contributed by atoms with E-state index >= 15 is 0 Å². The molecule has 0 aliphatic rings. The molecule has 0 aliphatic heterocycles. The summed E-state index contributed by atoms with van der Waals surface area (Å²) in [5, 5.41) is 3.39. The lowest BCUT2D eigenvalue weighted by molar-refractivity contribution is -0.274. The van der Waals surface area contributed by atoms with Crippen molar-refractivity contribution >= 4 is 47.0 Å². The summed E-state index contributed by atoms with van der Waals surface area (Å²) in [5.74, 6) is -0.392. The predicted octanol–water partition coefficient (Wildman–Crippen LogP) is 4.15. The van der Waals surface area contributed by atoms with Crippen molar-refractivity contribution in [1.29, 1.82) is 0 Å². The van der Waals surface area contributed by atoms with Gasteiger partial charge in [-0.15, -0.1) is 48.5 Å². The fourth-order valence-corrected chi connectivity index (χ4v) is 2.49. The average Bonchev–Trinajstić information content (AvgIpc) is 2.94.